The Labute approximate surface area is 205 Å². The molecule has 3 rings (SSSR count). The van der Waals surface area contributed by atoms with E-state index in [2.05, 4.69) is 41.8 Å². The molecule has 184 valence electrons. The lowest BCUT2D eigenvalue weighted by atomic mass is 9.87. The number of nitrogen functional groups attached to an aromatic ring is 1. The second-order valence-electron chi connectivity index (χ2n) is 8.43. The van der Waals surface area contributed by atoms with Gasteiger partial charge in [-0.15, -0.1) is 10.2 Å². The second-order valence-corrected chi connectivity index (χ2v) is 9.37. The molecule has 0 atom stereocenters. The van der Waals surface area contributed by atoms with E-state index in [0.717, 1.165) is 17.8 Å². The van der Waals surface area contributed by atoms with Crippen LogP contribution in [0.1, 0.15) is 42.5 Å². The first-order valence-electron chi connectivity index (χ1n) is 10.4. The van der Waals surface area contributed by atoms with Crippen molar-refractivity contribution < 1.29 is 19.2 Å². The Hall–Kier alpha value is -4.13. The van der Waals surface area contributed by atoms with Crippen molar-refractivity contribution in [1.29, 1.82) is 0 Å². The SMILES string of the molecule is CC(C)(C)c1ccc(OCc2nnc(SCC(=O)NNC(=O)c3cccc([N+](=O)[O-])c3)n2N)cc1. The number of carbonyl (C=O) groups excluding carboxylic acids is 2. The van der Waals surface area contributed by atoms with Crippen LogP contribution in [0.4, 0.5) is 5.69 Å². The molecule has 1 aromatic heterocycles. The maximum atomic E-state index is 12.1. The van der Waals surface area contributed by atoms with Crippen molar-refractivity contribution in [3.63, 3.8) is 0 Å². The summed E-state index contributed by atoms with van der Waals surface area (Å²) < 4.78 is 6.95. The Morgan fingerprint density at radius 1 is 1.14 bits per heavy atom. The number of nitrogens with zero attached hydrogens (tertiary/aromatic N) is 4. The zero-order valence-corrected chi connectivity index (χ0v) is 20.2. The number of nitro benzene ring substituents is 1. The first-order chi connectivity index (χ1) is 16.5. The third-order valence-corrected chi connectivity index (χ3v) is 5.73. The third-order valence-electron chi connectivity index (χ3n) is 4.79. The number of thioether (sulfide) groups is 1. The number of rotatable bonds is 8. The molecule has 0 spiro atoms. The number of ether oxygens (including phenoxy) is 1. The van der Waals surface area contributed by atoms with Crippen molar-refractivity contribution in [3.8, 4) is 5.75 Å². The largest absolute Gasteiger partial charge is 0.486 e. The summed E-state index contributed by atoms with van der Waals surface area (Å²) in [6.45, 7) is 6.48. The van der Waals surface area contributed by atoms with Gasteiger partial charge < -0.3 is 10.6 Å². The van der Waals surface area contributed by atoms with Crippen LogP contribution in [-0.4, -0.2) is 37.4 Å². The van der Waals surface area contributed by atoms with E-state index in [-0.39, 0.29) is 34.2 Å². The number of carbonyl (C=O) groups is 2. The molecule has 0 saturated carbocycles. The van der Waals surface area contributed by atoms with Crippen LogP contribution in [0.5, 0.6) is 5.75 Å². The minimum absolute atomic E-state index is 0.0338. The standard InChI is InChI=1S/C22H25N7O5S/c1-22(2,3)15-7-9-17(10-8-15)34-12-18-24-27-21(28(18)23)35-13-19(30)25-26-20(31)14-5-4-6-16(11-14)29(32)33/h4-11H,12-13,23H2,1-3H3,(H,25,30)(H,26,31). The van der Waals surface area contributed by atoms with Gasteiger partial charge in [0.25, 0.3) is 11.6 Å². The first-order valence-corrected chi connectivity index (χ1v) is 11.4. The predicted octanol–water partition coefficient (Wildman–Crippen LogP) is 2.33. The van der Waals surface area contributed by atoms with E-state index in [0.29, 0.717) is 11.6 Å². The number of benzene rings is 2. The molecule has 35 heavy (non-hydrogen) atoms. The predicted molar refractivity (Wildman–Crippen MR) is 129 cm³/mol. The van der Waals surface area contributed by atoms with Gasteiger partial charge in [0, 0.05) is 17.7 Å². The Kier molecular flexibility index (Phi) is 7.91. The molecular weight excluding hydrogens is 474 g/mol. The fourth-order valence-electron chi connectivity index (χ4n) is 2.83. The average molecular weight is 500 g/mol. The van der Waals surface area contributed by atoms with Gasteiger partial charge in [0.05, 0.1) is 10.7 Å². The summed E-state index contributed by atoms with van der Waals surface area (Å²) >= 11 is 1.01. The van der Waals surface area contributed by atoms with Crippen LogP contribution in [0.3, 0.4) is 0 Å². The monoisotopic (exact) mass is 499 g/mol. The van der Waals surface area contributed by atoms with Gasteiger partial charge in [-0.2, -0.15) is 0 Å². The highest BCUT2D eigenvalue weighted by atomic mass is 32.2. The minimum atomic E-state index is -0.691. The van der Waals surface area contributed by atoms with Gasteiger partial charge in [-0.05, 0) is 29.2 Å². The molecule has 4 N–H and O–H groups in total. The highest BCUT2D eigenvalue weighted by Gasteiger charge is 2.16. The fourth-order valence-corrected chi connectivity index (χ4v) is 3.50. The van der Waals surface area contributed by atoms with E-state index in [4.69, 9.17) is 10.6 Å². The number of nitrogens with one attached hydrogen (secondary N) is 2. The van der Waals surface area contributed by atoms with Crippen LogP contribution in [0.2, 0.25) is 0 Å². The Bertz CT molecular complexity index is 1220. The molecule has 0 aliphatic carbocycles. The fraction of sp³-hybridized carbons (Fsp3) is 0.273. The van der Waals surface area contributed by atoms with Crippen LogP contribution in [0.15, 0.2) is 53.7 Å². The summed E-state index contributed by atoms with van der Waals surface area (Å²) in [6, 6.07) is 12.9. The van der Waals surface area contributed by atoms with E-state index in [1.807, 2.05) is 24.3 Å². The number of hydrogen-bond acceptors (Lipinski definition) is 9. The number of amides is 2. The van der Waals surface area contributed by atoms with Crippen LogP contribution < -0.4 is 21.4 Å². The van der Waals surface area contributed by atoms with E-state index >= 15 is 0 Å². The van der Waals surface area contributed by atoms with Crippen molar-refractivity contribution in [3.05, 3.63) is 75.6 Å². The van der Waals surface area contributed by atoms with E-state index < -0.39 is 16.7 Å². The van der Waals surface area contributed by atoms with Gasteiger partial charge in [-0.1, -0.05) is 50.7 Å². The molecule has 0 aliphatic rings. The van der Waals surface area contributed by atoms with Gasteiger partial charge >= 0.3 is 0 Å². The number of nitro groups is 1. The average Bonchev–Trinajstić information content (AvgIpc) is 3.18. The Morgan fingerprint density at radius 3 is 2.51 bits per heavy atom. The molecule has 13 heteroatoms. The third kappa shape index (κ3) is 6.93. The molecule has 2 aromatic carbocycles. The van der Waals surface area contributed by atoms with E-state index in [1.165, 1.54) is 28.4 Å². The molecule has 0 bridgehead atoms. The highest BCUT2D eigenvalue weighted by molar-refractivity contribution is 7.99. The number of non-ortho nitro benzene ring substituents is 1. The molecule has 1 heterocycles. The molecule has 0 radical (unpaired) electrons. The van der Waals surface area contributed by atoms with Crippen molar-refractivity contribution in [2.45, 2.75) is 37.9 Å². The molecule has 0 fully saturated rings. The summed E-state index contributed by atoms with van der Waals surface area (Å²) in [7, 11) is 0. The maximum absolute atomic E-state index is 12.1. The number of hydrazine groups is 1. The first kappa shape index (κ1) is 25.5. The van der Waals surface area contributed by atoms with Gasteiger partial charge in [-0.3, -0.25) is 30.6 Å². The van der Waals surface area contributed by atoms with Crippen molar-refractivity contribution >= 4 is 29.3 Å². The zero-order chi connectivity index (χ0) is 25.6. The topological polar surface area (TPSA) is 167 Å². The number of aromatic nitrogens is 3. The molecule has 12 nitrogen and oxygen atoms in total. The number of nitrogens with two attached hydrogens (primary N) is 1. The second kappa shape index (κ2) is 10.9. The summed E-state index contributed by atoms with van der Waals surface area (Å²) in [5, 5.41) is 19.0. The summed E-state index contributed by atoms with van der Waals surface area (Å²) in [4.78, 5) is 34.4. The lowest BCUT2D eigenvalue weighted by Gasteiger charge is -2.19. The van der Waals surface area contributed by atoms with Crippen molar-refractivity contribution in [2.75, 3.05) is 11.6 Å². The molecule has 0 unspecified atom stereocenters. The van der Waals surface area contributed by atoms with Gasteiger partial charge in [0.1, 0.15) is 12.4 Å². The molecule has 3 aromatic rings. The highest BCUT2D eigenvalue weighted by Crippen LogP contribution is 2.24. The van der Waals surface area contributed by atoms with Crippen LogP contribution in [-0.2, 0) is 16.8 Å². The number of hydrogen-bond donors (Lipinski definition) is 3. The molecule has 0 saturated heterocycles. The Balaban J connectivity index is 1.47. The Morgan fingerprint density at radius 2 is 1.86 bits per heavy atom. The summed E-state index contributed by atoms with van der Waals surface area (Å²) in [5.74, 6) is 5.70. The van der Waals surface area contributed by atoms with E-state index in [1.54, 1.807) is 0 Å². The molecule has 2 amide bonds. The summed E-state index contributed by atoms with van der Waals surface area (Å²) in [5.41, 5.74) is 5.47. The lowest BCUT2D eigenvalue weighted by molar-refractivity contribution is -0.384. The van der Waals surface area contributed by atoms with Crippen molar-refractivity contribution in [2.24, 2.45) is 0 Å². The quantitative estimate of drug-likeness (QED) is 0.182. The van der Waals surface area contributed by atoms with Crippen LogP contribution in [0.25, 0.3) is 0 Å². The van der Waals surface area contributed by atoms with Gasteiger partial charge in [0.15, 0.2) is 5.82 Å². The van der Waals surface area contributed by atoms with Crippen LogP contribution >= 0.6 is 11.8 Å². The smallest absolute Gasteiger partial charge is 0.270 e. The summed E-state index contributed by atoms with van der Waals surface area (Å²) in [6.07, 6.45) is 0. The maximum Gasteiger partial charge on any atom is 0.270 e. The zero-order valence-electron chi connectivity index (χ0n) is 19.3. The molecular formula is C22H25N7O5S. The molecule has 0 aliphatic heterocycles. The van der Waals surface area contributed by atoms with Crippen LogP contribution in [0, 0.1) is 10.1 Å². The van der Waals surface area contributed by atoms with Gasteiger partial charge in [-0.25, -0.2) is 4.68 Å². The normalized spacial score (nSPS) is 11.1. The van der Waals surface area contributed by atoms with Crippen molar-refractivity contribution in [1.82, 2.24) is 25.7 Å². The van der Waals surface area contributed by atoms with E-state index in [9.17, 15) is 19.7 Å². The lowest BCUT2D eigenvalue weighted by Crippen LogP contribution is -2.42. The minimum Gasteiger partial charge on any atom is -0.486 e. The van der Waals surface area contributed by atoms with Gasteiger partial charge in [0.2, 0.25) is 11.1 Å².